The maximum Gasteiger partial charge on any atom is 0.223 e. The van der Waals surface area contributed by atoms with Gasteiger partial charge in [-0.05, 0) is 38.3 Å². The molecule has 0 bridgehead atoms. The van der Waals surface area contributed by atoms with Crippen LogP contribution in [0.1, 0.15) is 32.3 Å². The third-order valence-electron chi connectivity index (χ3n) is 2.85. The molecule has 1 aromatic heterocycles. The van der Waals surface area contributed by atoms with Gasteiger partial charge in [0.2, 0.25) is 5.91 Å². The first-order valence-corrected chi connectivity index (χ1v) is 6.44. The molecule has 0 radical (unpaired) electrons. The van der Waals surface area contributed by atoms with Crippen LogP contribution in [0, 0.1) is 0 Å². The van der Waals surface area contributed by atoms with Crippen molar-refractivity contribution in [1.29, 1.82) is 0 Å². The third-order valence-corrected chi connectivity index (χ3v) is 2.85. The van der Waals surface area contributed by atoms with E-state index in [-0.39, 0.29) is 18.6 Å². The highest BCUT2D eigenvalue weighted by Gasteiger charge is 2.15. The smallest absolute Gasteiger partial charge is 0.223 e. The minimum absolute atomic E-state index is 0.124. The summed E-state index contributed by atoms with van der Waals surface area (Å²) in [7, 11) is 0. The number of pyridine rings is 1. The summed E-state index contributed by atoms with van der Waals surface area (Å²) in [5, 5.41) is 8.84. The summed E-state index contributed by atoms with van der Waals surface area (Å²) >= 11 is 0. The van der Waals surface area contributed by atoms with Crippen LogP contribution >= 0.6 is 0 Å². The molecule has 0 aliphatic heterocycles. The number of aliphatic hydroxyl groups is 1. The Kier molecular flexibility index (Phi) is 6.36. The molecule has 0 spiro atoms. The highest BCUT2D eigenvalue weighted by atomic mass is 16.3. The van der Waals surface area contributed by atoms with Crippen molar-refractivity contribution in [3.8, 4) is 0 Å². The summed E-state index contributed by atoms with van der Waals surface area (Å²) in [5.74, 6) is 0.141. The number of hydrogen-bond donors (Lipinski definition) is 1. The first kappa shape index (κ1) is 14.6. The van der Waals surface area contributed by atoms with E-state index in [4.69, 9.17) is 5.11 Å². The number of aliphatic hydroxyl groups excluding tert-OH is 1. The molecule has 0 fully saturated rings. The Balaban J connectivity index is 2.46. The van der Waals surface area contributed by atoms with Crippen molar-refractivity contribution in [3.63, 3.8) is 0 Å². The van der Waals surface area contributed by atoms with E-state index >= 15 is 0 Å². The van der Waals surface area contributed by atoms with Gasteiger partial charge in [-0.3, -0.25) is 9.78 Å². The van der Waals surface area contributed by atoms with Crippen molar-refractivity contribution < 1.29 is 9.90 Å². The van der Waals surface area contributed by atoms with E-state index in [1.807, 2.05) is 30.9 Å². The number of carbonyl (C=O) groups excluding carboxylic acids is 1. The molecule has 0 aliphatic rings. The molecule has 4 nitrogen and oxygen atoms in total. The maximum atomic E-state index is 12.1. The zero-order valence-electron chi connectivity index (χ0n) is 11.2. The molecule has 18 heavy (non-hydrogen) atoms. The fourth-order valence-electron chi connectivity index (χ4n) is 1.85. The van der Waals surface area contributed by atoms with Gasteiger partial charge in [-0.25, -0.2) is 0 Å². The van der Waals surface area contributed by atoms with Gasteiger partial charge in [0.05, 0.1) is 0 Å². The number of amides is 1. The molecule has 1 heterocycles. The number of aromatic nitrogens is 1. The molecule has 1 aromatic rings. The van der Waals surface area contributed by atoms with Gasteiger partial charge in [0.25, 0.3) is 0 Å². The van der Waals surface area contributed by atoms with Gasteiger partial charge < -0.3 is 10.0 Å². The molecule has 0 atom stereocenters. The van der Waals surface area contributed by atoms with Gasteiger partial charge in [0.15, 0.2) is 0 Å². The van der Waals surface area contributed by atoms with Crippen LogP contribution in [-0.2, 0) is 11.2 Å². The zero-order chi connectivity index (χ0) is 13.4. The van der Waals surface area contributed by atoms with Crippen LogP contribution in [-0.4, -0.2) is 40.1 Å². The lowest BCUT2D eigenvalue weighted by Gasteiger charge is -2.26. The first-order valence-electron chi connectivity index (χ1n) is 6.44. The summed E-state index contributed by atoms with van der Waals surface area (Å²) in [6.45, 7) is 4.75. The second-order valence-corrected chi connectivity index (χ2v) is 4.62. The normalized spacial score (nSPS) is 10.7. The van der Waals surface area contributed by atoms with Crippen molar-refractivity contribution in [1.82, 2.24) is 9.88 Å². The molecule has 0 aromatic carbocycles. The fourth-order valence-corrected chi connectivity index (χ4v) is 1.85. The second kappa shape index (κ2) is 7.82. The molecular formula is C14H22N2O2. The molecule has 0 aliphatic carbocycles. The van der Waals surface area contributed by atoms with Crippen LogP contribution in [0.25, 0.3) is 0 Å². The predicted molar refractivity (Wildman–Crippen MR) is 71.1 cm³/mol. The summed E-state index contributed by atoms with van der Waals surface area (Å²) in [4.78, 5) is 17.9. The van der Waals surface area contributed by atoms with Crippen LogP contribution < -0.4 is 0 Å². The molecule has 1 amide bonds. The Morgan fingerprint density at radius 3 is 2.83 bits per heavy atom. The Morgan fingerprint density at radius 2 is 2.28 bits per heavy atom. The Bertz CT molecular complexity index is 352. The standard InChI is InChI=1S/C14H22N2O2/c1-12(2)16(9-4-10-17)14(18)7-6-13-5-3-8-15-11-13/h3,5,8,11-12,17H,4,6-7,9-10H2,1-2H3. The van der Waals surface area contributed by atoms with Crippen molar-refractivity contribution in [2.45, 2.75) is 39.2 Å². The van der Waals surface area contributed by atoms with Crippen LogP contribution in [0.5, 0.6) is 0 Å². The number of nitrogens with zero attached hydrogens (tertiary/aromatic N) is 2. The summed E-state index contributed by atoms with van der Waals surface area (Å²) < 4.78 is 0. The van der Waals surface area contributed by atoms with Gasteiger partial charge in [-0.15, -0.1) is 0 Å². The van der Waals surface area contributed by atoms with Crippen LogP contribution in [0.3, 0.4) is 0 Å². The SMILES string of the molecule is CC(C)N(CCCO)C(=O)CCc1cccnc1. The predicted octanol–water partition coefficient (Wildman–Crippen LogP) is 1.63. The van der Waals surface area contributed by atoms with Gasteiger partial charge in [-0.2, -0.15) is 0 Å². The molecule has 1 N–H and O–H groups in total. The van der Waals surface area contributed by atoms with Gasteiger partial charge in [-0.1, -0.05) is 6.07 Å². The highest BCUT2D eigenvalue weighted by molar-refractivity contribution is 5.76. The van der Waals surface area contributed by atoms with E-state index in [9.17, 15) is 4.79 Å². The van der Waals surface area contributed by atoms with Crippen LogP contribution in [0.4, 0.5) is 0 Å². The van der Waals surface area contributed by atoms with Crippen molar-refractivity contribution >= 4 is 5.91 Å². The molecular weight excluding hydrogens is 228 g/mol. The van der Waals surface area contributed by atoms with E-state index in [0.717, 1.165) is 12.0 Å². The van der Waals surface area contributed by atoms with E-state index in [0.29, 0.717) is 19.4 Å². The largest absolute Gasteiger partial charge is 0.396 e. The highest BCUT2D eigenvalue weighted by Crippen LogP contribution is 2.07. The Morgan fingerprint density at radius 1 is 1.50 bits per heavy atom. The molecule has 0 unspecified atom stereocenters. The van der Waals surface area contributed by atoms with Gasteiger partial charge in [0.1, 0.15) is 0 Å². The minimum atomic E-state index is 0.124. The van der Waals surface area contributed by atoms with Crippen molar-refractivity contribution in [2.75, 3.05) is 13.2 Å². The Hall–Kier alpha value is -1.42. The number of aryl methyl sites for hydroxylation is 1. The Labute approximate surface area is 109 Å². The van der Waals surface area contributed by atoms with Crippen LogP contribution in [0.15, 0.2) is 24.5 Å². The van der Waals surface area contributed by atoms with E-state index in [2.05, 4.69) is 4.98 Å². The van der Waals surface area contributed by atoms with Gasteiger partial charge in [0, 0.05) is 38.0 Å². The summed E-state index contributed by atoms with van der Waals surface area (Å²) in [6.07, 6.45) is 5.37. The molecule has 4 heteroatoms. The second-order valence-electron chi connectivity index (χ2n) is 4.62. The zero-order valence-corrected chi connectivity index (χ0v) is 11.2. The molecule has 1 rings (SSSR count). The van der Waals surface area contributed by atoms with E-state index in [1.54, 1.807) is 12.4 Å². The summed E-state index contributed by atoms with van der Waals surface area (Å²) in [5.41, 5.74) is 1.08. The maximum absolute atomic E-state index is 12.1. The molecule has 0 saturated carbocycles. The van der Waals surface area contributed by atoms with E-state index < -0.39 is 0 Å². The average molecular weight is 250 g/mol. The first-order chi connectivity index (χ1) is 8.65. The number of hydrogen-bond acceptors (Lipinski definition) is 3. The fraction of sp³-hybridized carbons (Fsp3) is 0.571. The van der Waals surface area contributed by atoms with Crippen molar-refractivity contribution in [3.05, 3.63) is 30.1 Å². The quantitative estimate of drug-likeness (QED) is 0.800. The van der Waals surface area contributed by atoms with Crippen LogP contribution in [0.2, 0.25) is 0 Å². The number of carbonyl (C=O) groups is 1. The topological polar surface area (TPSA) is 53.4 Å². The lowest BCUT2D eigenvalue weighted by Crippen LogP contribution is -2.38. The minimum Gasteiger partial charge on any atom is -0.396 e. The third kappa shape index (κ3) is 4.84. The lowest BCUT2D eigenvalue weighted by atomic mass is 10.1. The number of rotatable bonds is 7. The summed E-state index contributed by atoms with van der Waals surface area (Å²) in [6, 6.07) is 4.04. The van der Waals surface area contributed by atoms with Crippen molar-refractivity contribution in [2.24, 2.45) is 0 Å². The average Bonchev–Trinajstić information content (AvgIpc) is 2.37. The lowest BCUT2D eigenvalue weighted by molar-refractivity contribution is -0.133. The molecule has 100 valence electrons. The van der Waals surface area contributed by atoms with Gasteiger partial charge >= 0.3 is 0 Å². The molecule has 0 saturated heterocycles. The monoisotopic (exact) mass is 250 g/mol. The van der Waals surface area contributed by atoms with E-state index in [1.165, 1.54) is 0 Å².